The van der Waals surface area contributed by atoms with Crippen LogP contribution in [0.15, 0.2) is 24.3 Å². The van der Waals surface area contributed by atoms with Crippen molar-refractivity contribution >= 4 is 21.9 Å². The number of rotatable bonds is 5. The highest BCUT2D eigenvalue weighted by atomic mass is 32.2. The summed E-state index contributed by atoms with van der Waals surface area (Å²) in [6.45, 7) is 2.32. The van der Waals surface area contributed by atoms with Gasteiger partial charge in [0.05, 0.1) is 0 Å². The number of sulfonamides is 1. The van der Waals surface area contributed by atoms with Gasteiger partial charge in [0, 0.05) is 18.7 Å². The highest BCUT2D eigenvalue weighted by molar-refractivity contribution is 7.91. The number of nitrogens with zero attached hydrogens (tertiary/aromatic N) is 3. The first-order valence-corrected chi connectivity index (χ1v) is 9.72. The van der Waals surface area contributed by atoms with Crippen molar-refractivity contribution in [3.05, 3.63) is 24.3 Å². The Hall–Kier alpha value is -2.53. The van der Waals surface area contributed by atoms with Crippen LogP contribution in [0.4, 0.5) is 10.3 Å². The summed E-state index contributed by atoms with van der Waals surface area (Å²) in [6.07, 6.45) is -1.10. The number of aromatic amines is 1. The van der Waals surface area contributed by atoms with Crippen LogP contribution in [0.1, 0.15) is 20.3 Å². The first kappa shape index (κ1) is 19.2. The number of phenols is 1. The van der Waals surface area contributed by atoms with Crippen molar-refractivity contribution in [1.29, 1.82) is 0 Å². The van der Waals surface area contributed by atoms with Crippen LogP contribution in [-0.4, -0.2) is 62.9 Å². The second-order valence-electron chi connectivity index (χ2n) is 6.77. The molecule has 2 heterocycles. The van der Waals surface area contributed by atoms with Crippen LogP contribution < -0.4 is 5.32 Å². The largest absolute Gasteiger partial charge is 0.508 e. The number of amides is 1. The molecule has 0 aliphatic carbocycles. The molecule has 0 spiro atoms. The normalized spacial score (nSPS) is 18.6. The maximum Gasteiger partial charge on any atom is 0.249 e. The van der Waals surface area contributed by atoms with E-state index in [2.05, 4.69) is 20.5 Å². The van der Waals surface area contributed by atoms with Gasteiger partial charge in [0.25, 0.3) is 0 Å². The van der Waals surface area contributed by atoms with Gasteiger partial charge in [0.15, 0.2) is 10.6 Å². The fraction of sp³-hybridized carbons (Fsp3) is 0.438. The summed E-state index contributed by atoms with van der Waals surface area (Å²) in [6, 6.07) is 6.16. The van der Waals surface area contributed by atoms with E-state index in [-0.39, 0.29) is 31.2 Å². The smallest absolute Gasteiger partial charge is 0.249 e. The number of phenolic OH excluding ortho intramolecular Hbond substituents is 1. The number of carbonyl (C=O) groups is 1. The maximum atomic E-state index is 13.4. The van der Waals surface area contributed by atoms with E-state index >= 15 is 0 Å². The molecule has 1 saturated heterocycles. The number of aromatic hydroxyl groups is 1. The van der Waals surface area contributed by atoms with Gasteiger partial charge < -0.3 is 5.11 Å². The molecule has 2 aromatic rings. The number of alkyl halides is 1. The summed E-state index contributed by atoms with van der Waals surface area (Å²) in [5.41, 5.74) is 0.624. The predicted octanol–water partition coefficient (Wildman–Crippen LogP) is 1.27. The molecule has 1 atom stereocenters. The standard InChI is InChI=1S/C16H20FN5O4S/c1-16(2,27(25,26)22-8-7-11(17)9-22)14(24)19-15-18-13(20-21-15)10-3-5-12(23)6-4-10/h3-6,11,23H,7-9H2,1-2H3,(H2,18,19,20,21,24)/t11-/m1/s1. The van der Waals surface area contributed by atoms with Crippen molar-refractivity contribution in [2.45, 2.75) is 31.2 Å². The van der Waals surface area contributed by atoms with Crippen molar-refractivity contribution in [3.8, 4) is 17.1 Å². The van der Waals surface area contributed by atoms with Gasteiger partial charge in [-0.1, -0.05) is 0 Å². The summed E-state index contributed by atoms with van der Waals surface area (Å²) < 4.78 is 38.0. The number of nitrogens with one attached hydrogen (secondary N) is 2. The molecule has 1 aliphatic heterocycles. The third-order valence-corrected chi connectivity index (χ3v) is 6.96. The molecule has 1 aliphatic rings. The first-order chi connectivity index (χ1) is 12.6. The van der Waals surface area contributed by atoms with Crippen molar-refractivity contribution < 1.29 is 22.7 Å². The number of H-pyrrole nitrogens is 1. The zero-order valence-electron chi connectivity index (χ0n) is 14.8. The van der Waals surface area contributed by atoms with Gasteiger partial charge in [0.1, 0.15) is 11.9 Å². The fourth-order valence-corrected chi connectivity index (χ4v) is 4.30. The Balaban J connectivity index is 1.75. The Kier molecular flexibility index (Phi) is 4.91. The Morgan fingerprint density at radius 2 is 2.04 bits per heavy atom. The molecule has 0 radical (unpaired) electrons. The summed E-state index contributed by atoms with van der Waals surface area (Å²) >= 11 is 0. The predicted molar refractivity (Wildman–Crippen MR) is 96.2 cm³/mol. The third-order valence-electron chi connectivity index (χ3n) is 4.48. The maximum absolute atomic E-state index is 13.4. The number of carbonyl (C=O) groups excluding carboxylic acids is 1. The topological polar surface area (TPSA) is 128 Å². The second kappa shape index (κ2) is 6.89. The van der Waals surface area contributed by atoms with Crippen molar-refractivity contribution in [1.82, 2.24) is 19.5 Å². The molecule has 11 heteroatoms. The second-order valence-corrected chi connectivity index (χ2v) is 9.26. The van der Waals surface area contributed by atoms with Crippen LogP contribution in [-0.2, 0) is 14.8 Å². The summed E-state index contributed by atoms with van der Waals surface area (Å²) in [7, 11) is -4.05. The number of hydrogen-bond acceptors (Lipinski definition) is 6. The first-order valence-electron chi connectivity index (χ1n) is 8.28. The number of aromatic nitrogens is 3. The highest BCUT2D eigenvalue weighted by Gasteiger charge is 2.47. The van der Waals surface area contributed by atoms with E-state index in [0.29, 0.717) is 11.4 Å². The molecule has 1 aromatic carbocycles. The number of benzene rings is 1. The fourth-order valence-electron chi connectivity index (χ4n) is 2.66. The molecule has 9 nitrogen and oxygen atoms in total. The zero-order valence-corrected chi connectivity index (χ0v) is 15.6. The SMILES string of the molecule is CC(C)(C(=O)Nc1n[nH]c(-c2ccc(O)cc2)n1)S(=O)(=O)N1CC[C@@H](F)C1. The van der Waals surface area contributed by atoms with Gasteiger partial charge in [-0.05, 0) is 44.5 Å². The molecular weight excluding hydrogens is 377 g/mol. The van der Waals surface area contributed by atoms with Crippen LogP contribution >= 0.6 is 0 Å². The van der Waals surface area contributed by atoms with Crippen molar-refractivity contribution in [2.24, 2.45) is 0 Å². The molecule has 27 heavy (non-hydrogen) atoms. The molecule has 1 amide bonds. The average molecular weight is 397 g/mol. The Labute approximate surface area is 155 Å². The summed E-state index contributed by atoms with van der Waals surface area (Å²) in [4.78, 5) is 16.7. The highest BCUT2D eigenvalue weighted by Crippen LogP contribution is 2.27. The van der Waals surface area contributed by atoms with E-state index in [1.54, 1.807) is 12.1 Å². The number of hydrogen-bond donors (Lipinski definition) is 3. The van der Waals surface area contributed by atoms with E-state index in [1.165, 1.54) is 26.0 Å². The lowest BCUT2D eigenvalue weighted by Gasteiger charge is -2.28. The minimum Gasteiger partial charge on any atom is -0.508 e. The number of halogens is 1. The third kappa shape index (κ3) is 3.65. The lowest BCUT2D eigenvalue weighted by molar-refractivity contribution is -0.118. The number of anilines is 1. The molecule has 3 rings (SSSR count). The van der Waals surface area contributed by atoms with Crippen LogP contribution in [0.25, 0.3) is 11.4 Å². The van der Waals surface area contributed by atoms with Crippen molar-refractivity contribution in [2.75, 3.05) is 18.4 Å². The molecule has 1 aromatic heterocycles. The van der Waals surface area contributed by atoms with E-state index in [4.69, 9.17) is 0 Å². The summed E-state index contributed by atoms with van der Waals surface area (Å²) in [5.74, 6) is -0.473. The van der Waals surface area contributed by atoms with Gasteiger partial charge in [0.2, 0.25) is 21.9 Å². The Bertz CT molecular complexity index is 942. The van der Waals surface area contributed by atoms with Gasteiger partial charge >= 0.3 is 0 Å². The zero-order chi connectivity index (χ0) is 19.8. The molecular formula is C16H20FN5O4S. The summed E-state index contributed by atoms with van der Waals surface area (Å²) in [5, 5.41) is 18.2. The lowest BCUT2D eigenvalue weighted by Crippen LogP contribution is -2.51. The van der Waals surface area contributed by atoms with Gasteiger partial charge in [-0.2, -0.15) is 9.29 Å². The van der Waals surface area contributed by atoms with E-state index in [0.717, 1.165) is 4.31 Å². The molecule has 0 saturated carbocycles. The quantitative estimate of drug-likeness (QED) is 0.697. The van der Waals surface area contributed by atoms with Crippen LogP contribution in [0, 0.1) is 0 Å². The van der Waals surface area contributed by atoms with E-state index in [9.17, 15) is 22.7 Å². The van der Waals surface area contributed by atoms with Gasteiger partial charge in [-0.3, -0.25) is 15.2 Å². The average Bonchev–Trinajstić information content (AvgIpc) is 3.25. The van der Waals surface area contributed by atoms with Gasteiger partial charge in [-0.25, -0.2) is 12.8 Å². The Morgan fingerprint density at radius 3 is 2.63 bits per heavy atom. The minimum absolute atomic E-state index is 0.0475. The molecule has 146 valence electrons. The van der Waals surface area contributed by atoms with Crippen LogP contribution in [0.2, 0.25) is 0 Å². The van der Waals surface area contributed by atoms with Gasteiger partial charge in [-0.15, -0.1) is 5.10 Å². The molecule has 0 unspecified atom stereocenters. The van der Waals surface area contributed by atoms with Crippen LogP contribution in [0.3, 0.4) is 0 Å². The molecule has 1 fully saturated rings. The molecule has 3 N–H and O–H groups in total. The van der Waals surface area contributed by atoms with E-state index in [1.807, 2.05) is 0 Å². The Morgan fingerprint density at radius 1 is 1.37 bits per heavy atom. The van der Waals surface area contributed by atoms with E-state index < -0.39 is 26.8 Å². The monoisotopic (exact) mass is 397 g/mol. The minimum atomic E-state index is -4.05. The lowest BCUT2D eigenvalue weighted by atomic mass is 10.2. The molecule has 0 bridgehead atoms. The van der Waals surface area contributed by atoms with Crippen LogP contribution in [0.5, 0.6) is 5.75 Å². The van der Waals surface area contributed by atoms with Crippen molar-refractivity contribution in [3.63, 3.8) is 0 Å².